The molecule has 0 unspecified atom stereocenters. The molecule has 10 aromatic heterocycles. The molecule has 12 heterocycles. The van der Waals surface area contributed by atoms with Gasteiger partial charge in [0.05, 0.1) is 67.0 Å². The Morgan fingerprint density at radius 1 is 0.407 bits per heavy atom. The molecule has 0 radical (unpaired) electrons. The number of pyridine rings is 6. The Hall–Kier alpha value is -11.7. The molecule has 0 saturated heterocycles. The second-order valence-electron chi connectivity index (χ2n) is 20.4. The zero-order valence-electron chi connectivity index (χ0n) is 46.0. The van der Waals surface area contributed by atoms with Crippen molar-refractivity contribution in [3.8, 4) is 57.0 Å². The quantitative estimate of drug-likeness (QED) is 0.124. The Bertz CT molecular complexity index is 4820. The van der Waals surface area contributed by atoms with Gasteiger partial charge in [0.25, 0.3) is 0 Å². The molecule has 21 nitrogen and oxygen atoms in total. The van der Waals surface area contributed by atoms with Crippen LogP contribution in [-0.2, 0) is 26.1 Å². The molecule has 86 heavy (non-hydrogen) atoms. The van der Waals surface area contributed by atoms with Crippen molar-refractivity contribution in [2.24, 2.45) is 0 Å². The van der Waals surface area contributed by atoms with E-state index < -0.39 is 0 Å². The van der Waals surface area contributed by atoms with Gasteiger partial charge in [-0.15, -0.1) is 15.3 Å². The van der Waals surface area contributed by atoms with Crippen molar-refractivity contribution in [3.05, 3.63) is 217 Å². The van der Waals surface area contributed by atoms with E-state index in [1.807, 2.05) is 125 Å². The van der Waals surface area contributed by atoms with Crippen molar-refractivity contribution in [2.75, 3.05) is 20.5 Å². The molecule has 2 aliphatic heterocycles. The third kappa shape index (κ3) is 10.4. The Kier molecular flexibility index (Phi) is 13.2. The molecule has 0 spiro atoms. The fourth-order valence-electron chi connectivity index (χ4n) is 10.5. The van der Waals surface area contributed by atoms with Crippen LogP contribution in [0.5, 0.6) is 23.3 Å². The van der Waals surface area contributed by atoms with Crippen LogP contribution in [0, 0.1) is 0 Å². The van der Waals surface area contributed by atoms with Crippen LogP contribution >= 0.6 is 0 Å². The van der Waals surface area contributed by atoms with Crippen molar-refractivity contribution in [3.63, 3.8) is 0 Å². The molecule has 15 aromatic rings. The lowest BCUT2D eigenvalue weighted by atomic mass is 10.1. The molecule has 0 aliphatic carbocycles. The van der Waals surface area contributed by atoms with Crippen molar-refractivity contribution in [1.29, 1.82) is 0 Å². The summed E-state index contributed by atoms with van der Waals surface area (Å²) in [5.41, 5.74) is 17.4. The van der Waals surface area contributed by atoms with E-state index >= 15 is 0 Å². The first-order valence-corrected chi connectivity index (χ1v) is 27.6. The van der Waals surface area contributed by atoms with Gasteiger partial charge in [0.15, 0.2) is 28.4 Å². The molecular formula is C65H47N17O4. The predicted molar refractivity (Wildman–Crippen MR) is 322 cm³/mol. The van der Waals surface area contributed by atoms with E-state index in [1.54, 1.807) is 29.5 Å². The number of methoxy groups -OCH3 is 1. The number of hydrogen-bond acceptors (Lipinski definition) is 18. The molecule has 5 aromatic carbocycles. The van der Waals surface area contributed by atoms with Gasteiger partial charge in [-0.1, -0.05) is 52.0 Å². The second-order valence-corrected chi connectivity index (χ2v) is 20.4. The first-order valence-electron chi connectivity index (χ1n) is 27.6. The molecule has 0 atom stereocenters. The third-order valence-corrected chi connectivity index (χ3v) is 14.8. The van der Waals surface area contributed by atoms with Crippen molar-refractivity contribution >= 4 is 66.2 Å². The standard InChI is InChI=1S/C23H17N5O.C22H15N5O2.C20H15N7O/c1-2-16-12-15(3-5-19(16)24-10-1)14-28-23-21(26-27-28)7-6-20(25-23)17-4-8-22-18(13-17)9-11-29-22;1-2-15-10-14(3-5-17(15)23-9-1)12-27-22-19(25-26-27)7-6-18(24-22)16-4-8-20-21(11-16)29-13-28-20;1-28-20-22-10-15(11-23-20)17-6-7-18-19(24-17)27(26-25-18)12-13-4-5-16-14(9-13)3-2-8-21-16/h1-8,10,12-13H,9,11,14H2;1-11H,12-13H2;2-11H,12H2,1H3. The van der Waals surface area contributed by atoms with Crippen molar-refractivity contribution < 1.29 is 18.9 Å². The summed E-state index contributed by atoms with van der Waals surface area (Å²) in [6, 6.07) is 54.7. The highest BCUT2D eigenvalue weighted by Crippen LogP contribution is 2.36. The molecular weight excluding hydrogens is 1080 g/mol. The van der Waals surface area contributed by atoms with E-state index in [1.165, 1.54) is 12.7 Å². The lowest BCUT2D eigenvalue weighted by Crippen LogP contribution is -2.03. The molecule has 0 saturated carbocycles. The summed E-state index contributed by atoms with van der Waals surface area (Å²) in [5.74, 6) is 2.47. The van der Waals surface area contributed by atoms with E-state index in [2.05, 4.69) is 110 Å². The normalized spacial score (nSPS) is 12.3. The minimum Gasteiger partial charge on any atom is -0.493 e. The predicted octanol–water partition coefficient (Wildman–Crippen LogP) is 10.7. The van der Waals surface area contributed by atoms with Crippen LogP contribution in [0.15, 0.2) is 195 Å². The van der Waals surface area contributed by atoms with Gasteiger partial charge >= 0.3 is 6.01 Å². The molecule has 17 rings (SSSR count). The van der Waals surface area contributed by atoms with Gasteiger partial charge in [-0.05, 0) is 150 Å². The summed E-state index contributed by atoms with van der Waals surface area (Å²) in [6.45, 7) is 2.76. The van der Waals surface area contributed by atoms with E-state index in [0.29, 0.717) is 31.3 Å². The van der Waals surface area contributed by atoms with Crippen LogP contribution in [0.2, 0.25) is 0 Å². The summed E-state index contributed by atoms with van der Waals surface area (Å²) in [7, 11) is 1.53. The first-order chi connectivity index (χ1) is 42.5. The number of rotatable bonds is 10. The smallest absolute Gasteiger partial charge is 0.316 e. The maximum Gasteiger partial charge on any atom is 0.316 e. The second kappa shape index (κ2) is 22.2. The Balaban J connectivity index is 0.000000109. The summed E-state index contributed by atoms with van der Waals surface area (Å²) in [5, 5.41) is 29.0. The average Bonchev–Trinajstić information content (AvgIpc) is 4.14. The lowest BCUT2D eigenvalue weighted by molar-refractivity contribution is 0.174. The Morgan fingerprint density at radius 2 is 0.849 bits per heavy atom. The summed E-state index contributed by atoms with van der Waals surface area (Å²) >= 11 is 0. The third-order valence-electron chi connectivity index (χ3n) is 14.8. The largest absolute Gasteiger partial charge is 0.493 e. The lowest BCUT2D eigenvalue weighted by Gasteiger charge is -2.06. The SMILES string of the molecule is COc1ncc(-c2ccc3nnn(Cc4ccc5ncccc5c4)c3n2)cn1.c1cnc2ccc(Cn3nnc4ccc(-c5ccc6c(c5)CCO6)nc43)cc2c1.c1cnc2ccc(Cn3nnc4ccc(-c5ccc6c(c5)OCO6)nc43)cc2c1. The maximum atomic E-state index is 5.61. The van der Waals surface area contributed by atoms with Crippen molar-refractivity contribution in [2.45, 2.75) is 26.1 Å². The fraction of sp³-hybridized carbons (Fsp3) is 0.108. The number of benzene rings is 5. The first kappa shape index (κ1) is 51.2. The summed E-state index contributed by atoms with van der Waals surface area (Å²) in [6.07, 6.45) is 9.72. The van der Waals surface area contributed by atoms with Gasteiger partial charge in [-0.3, -0.25) is 15.0 Å². The monoisotopic (exact) mass is 1130 g/mol. The minimum atomic E-state index is 0.253. The van der Waals surface area contributed by atoms with Gasteiger partial charge in [-0.2, -0.15) is 0 Å². The van der Waals surface area contributed by atoms with E-state index in [0.717, 1.165) is 141 Å². The minimum absolute atomic E-state index is 0.253. The average molecular weight is 1130 g/mol. The number of ether oxygens (including phenoxy) is 4. The van der Waals surface area contributed by atoms with Crippen LogP contribution < -0.4 is 18.9 Å². The molecule has 0 bridgehead atoms. The van der Waals surface area contributed by atoms with Crippen LogP contribution in [0.4, 0.5) is 0 Å². The van der Waals surface area contributed by atoms with Crippen LogP contribution in [-0.4, -0.2) is 105 Å². The fourth-order valence-corrected chi connectivity index (χ4v) is 10.5. The van der Waals surface area contributed by atoms with Gasteiger partial charge < -0.3 is 18.9 Å². The van der Waals surface area contributed by atoms with Crippen molar-refractivity contribution in [1.82, 2.24) is 84.9 Å². The Labute approximate surface area is 488 Å². The van der Waals surface area contributed by atoms with Gasteiger partial charge in [0, 0.05) is 70.3 Å². The maximum absolute atomic E-state index is 5.61. The number of nitrogens with zero attached hydrogens (tertiary/aromatic N) is 17. The Morgan fingerprint density at radius 3 is 1.34 bits per heavy atom. The van der Waals surface area contributed by atoms with Gasteiger partial charge in [0.1, 0.15) is 22.3 Å². The zero-order chi connectivity index (χ0) is 57.3. The van der Waals surface area contributed by atoms with E-state index in [4.69, 9.17) is 33.9 Å². The molecule has 0 amide bonds. The zero-order valence-corrected chi connectivity index (χ0v) is 46.0. The summed E-state index contributed by atoms with van der Waals surface area (Å²) in [4.78, 5) is 35.8. The summed E-state index contributed by atoms with van der Waals surface area (Å²) < 4.78 is 27.0. The highest BCUT2D eigenvalue weighted by Gasteiger charge is 2.18. The highest BCUT2D eigenvalue weighted by molar-refractivity contribution is 5.82. The molecule has 0 fully saturated rings. The van der Waals surface area contributed by atoms with Crippen LogP contribution in [0.3, 0.4) is 0 Å². The molecule has 2 aliphatic rings. The topological polar surface area (TPSA) is 232 Å². The number of hydrogen-bond donors (Lipinski definition) is 0. The number of fused-ring (bicyclic) bond motifs is 8. The van der Waals surface area contributed by atoms with E-state index in [9.17, 15) is 0 Å². The highest BCUT2D eigenvalue weighted by atomic mass is 16.7. The molecule has 0 N–H and O–H groups in total. The van der Waals surface area contributed by atoms with Crippen LogP contribution in [0.1, 0.15) is 22.3 Å². The van der Waals surface area contributed by atoms with Gasteiger partial charge in [-0.25, -0.2) is 39.0 Å². The molecule has 21 heteroatoms. The van der Waals surface area contributed by atoms with Gasteiger partial charge in [0.2, 0.25) is 6.79 Å². The van der Waals surface area contributed by atoms with Crippen LogP contribution in [0.25, 0.3) is 100.0 Å². The molecule has 416 valence electrons. The number of aromatic nitrogens is 17. The van der Waals surface area contributed by atoms with E-state index in [-0.39, 0.29) is 6.79 Å².